The summed E-state index contributed by atoms with van der Waals surface area (Å²) in [6.07, 6.45) is -4.49. The van der Waals surface area contributed by atoms with Crippen molar-refractivity contribution in [1.82, 2.24) is 0 Å². The number of rotatable bonds is 4. The van der Waals surface area contributed by atoms with Crippen LogP contribution >= 0.6 is 11.3 Å². The number of carbonyl (C=O) groups excluding carboxylic acids is 2. The van der Waals surface area contributed by atoms with Crippen molar-refractivity contribution >= 4 is 28.9 Å². The van der Waals surface area contributed by atoms with Crippen molar-refractivity contribution in [3.63, 3.8) is 0 Å². The Morgan fingerprint density at radius 3 is 2.59 bits per heavy atom. The van der Waals surface area contributed by atoms with Crippen LogP contribution in [-0.2, 0) is 15.7 Å². The summed E-state index contributed by atoms with van der Waals surface area (Å²) in [6, 6.07) is 7.39. The number of anilines is 1. The van der Waals surface area contributed by atoms with Crippen molar-refractivity contribution in [3.8, 4) is 0 Å². The van der Waals surface area contributed by atoms with Gasteiger partial charge in [-0.25, -0.2) is 4.79 Å². The largest absolute Gasteiger partial charge is 0.451 e. The van der Waals surface area contributed by atoms with Crippen LogP contribution in [0, 0.1) is 0 Å². The van der Waals surface area contributed by atoms with Crippen LogP contribution < -0.4 is 5.32 Å². The lowest BCUT2D eigenvalue weighted by Gasteiger charge is -2.10. The predicted molar refractivity (Wildman–Crippen MR) is 74.7 cm³/mol. The number of amides is 1. The Morgan fingerprint density at radius 1 is 1.18 bits per heavy atom. The third-order valence-corrected chi connectivity index (χ3v) is 3.38. The molecule has 1 aromatic heterocycles. The zero-order chi connectivity index (χ0) is 16.2. The zero-order valence-corrected chi connectivity index (χ0v) is 11.8. The maximum absolute atomic E-state index is 12.5. The highest BCUT2D eigenvalue weighted by molar-refractivity contribution is 7.11. The Morgan fingerprint density at radius 2 is 1.95 bits per heavy atom. The Balaban J connectivity index is 1.91. The van der Waals surface area contributed by atoms with Gasteiger partial charge in [0.1, 0.15) is 4.88 Å². The molecule has 0 saturated heterocycles. The molecule has 0 aliphatic heterocycles. The van der Waals surface area contributed by atoms with Gasteiger partial charge in [0.05, 0.1) is 5.56 Å². The molecule has 0 fully saturated rings. The Hall–Kier alpha value is -2.35. The molecular weight excluding hydrogens is 319 g/mol. The van der Waals surface area contributed by atoms with Gasteiger partial charge >= 0.3 is 12.1 Å². The fourth-order valence-electron chi connectivity index (χ4n) is 1.57. The lowest BCUT2D eigenvalue weighted by molar-refractivity contribution is -0.137. The molecule has 1 heterocycles. The molecule has 0 radical (unpaired) electrons. The van der Waals surface area contributed by atoms with Crippen LogP contribution in [0.1, 0.15) is 15.2 Å². The topological polar surface area (TPSA) is 55.4 Å². The summed E-state index contributed by atoms with van der Waals surface area (Å²) in [5, 5.41) is 3.92. The Bertz CT molecular complexity index is 668. The number of esters is 1. The van der Waals surface area contributed by atoms with E-state index in [1.807, 2.05) is 0 Å². The van der Waals surface area contributed by atoms with Crippen molar-refractivity contribution in [3.05, 3.63) is 52.2 Å². The van der Waals surface area contributed by atoms with E-state index in [9.17, 15) is 22.8 Å². The number of hydrogen-bond donors (Lipinski definition) is 1. The number of nitrogens with one attached hydrogen (secondary N) is 1. The molecular formula is C14H10F3NO3S. The van der Waals surface area contributed by atoms with Crippen LogP contribution in [0.5, 0.6) is 0 Å². The fourth-order valence-corrected chi connectivity index (χ4v) is 2.18. The van der Waals surface area contributed by atoms with E-state index in [1.54, 1.807) is 11.4 Å². The SMILES string of the molecule is O=C(COC(=O)c1cccs1)Nc1cccc(C(F)(F)F)c1. The maximum Gasteiger partial charge on any atom is 0.416 e. The average Bonchev–Trinajstić information content (AvgIpc) is 2.98. The molecule has 0 atom stereocenters. The molecule has 0 saturated carbocycles. The van der Waals surface area contributed by atoms with Crippen LogP contribution in [0.15, 0.2) is 41.8 Å². The summed E-state index contributed by atoms with van der Waals surface area (Å²) in [4.78, 5) is 23.4. The molecule has 0 aliphatic rings. The molecule has 0 bridgehead atoms. The molecule has 0 spiro atoms. The van der Waals surface area contributed by atoms with Crippen molar-refractivity contribution in [1.29, 1.82) is 0 Å². The van der Waals surface area contributed by atoms with E-state index in [4.69, 9.17) is 4.74 Å². The standard InChI is InChI=1S/C14H10F3NO3S/c15-14(16,17)9-3-1-4-10(7-9)18-12(19)8-21-13(20)11-5-2-6-22-11/h1-7H,8H2,(H,18,19). The van der Waals surface area contributed by atoms with Crippen molar-refractivity contribution in [2.45, 2.75) is 6.18 Å². The van der Waals surface area contributed by atoms with Gasteiger partial charge in [-0.3, -0.25) is 4.79 Å². The molecule has 1 amide bonds. The first-order valence-corrected chi connectivity index (χ1v) is 6.92. The lowest BCUT2D eigenvalue weighted by Crippen LogP contribution is -2.20. The second kappa shape index (κ2) is 6.61. The number of hydrogen-bond acceptors (Lipinski definition) is 4. The monoisotopic (exact) mass is 329 g/mol. The van der Waals surface area contributed by atoms with Gasteiger partial charge < -0.3 is 10.1 Å². The highest BCUT2D eigenvalue weighted by atomic mass is 32.1. The number of ether oxygens (including phenoxy) is 1. The van der Waals surface area contributed by atoms with Gasteiger partial charge in [-0.05, 0) is 29.6 Å². The second-order valence-corrected chi connectivity index (χ2v) is 5.13. The molecule has 8 heteroatoms. The van der Waals surface area contributed by atoms with Gasteiger partial charge in [0, 0.05) is 5.69 Å². The van der Waals surface area contributed by atoms with E-state index in [2.05, 4.69) is 5.32 Å². The summed E-state index contributed by atoms with van der Waals surface area (Å²) in [5.41, 5.74) is -0.895. The number of halogens is 3. The normalized spacial score (nSPS) is 11.0. The molecule has 22 heavy (non-hydrogen) atoms. The van der Waals surface area contributed by atoms with Crippen LogP contribution in [0.3, 0.4) is 0 Å². The number of thiophene rings is 1. The van der Waals surface area contributed by atoms with Crippen molar-refractivity contribution in [2.75, 3.05) is 11.9 Å². The Kier molecular flexibility index (Phi) is 4.81. The van der Waals surface area contributed by atoms with Gasteiger partial charge in [-0.2, -0.15) is 13.2 Å². The molecule has 1 N–H and O–H groups in total. The quantitative estimate of drug-likeness (QED) is 0.873. The van der Waals surface area contributed by atoms with Crippen LogP contribution in [0.25, 0.3) is 0 Å². The summed E-state index contributed by atoms with van der Waals surface area (Å²) in [6.45, 7) is -0.576. The first kappa shape index (κ1) is 16.0. The average molecular weight is 329 g/mol. The fraction of sp³-hybridized carbons (Fsp3) is 0.143. The molecule has 0 unspecified atom stereocenters. The first-order valence-electron chi connectivity index (χ1n) is 6.04. The van der Waals surface area contributed by atoms with E-state index in [1.165, 1.54) is 18.2 Å². The highest BCUT2D eigenvalue weighted by Gasteiger charge is 2.30. The number of carbonyl (C=O) groups is 2. The zero-order valence-electron chi connectivity index (χ0n) is 11.0. The van der Waals surface area contributed by atoms with Crippen LogP contribution in [0.2, 0.25) is 0 Å². The summed E-state index contributed by atoms with van der Waals surface area (Å²) >= 11 is 1.16. The van der Waals surface area contributed by atoms with E-state index in [0.29, 0.717) is 4.88 Å². The third kappa shape index (κ3) is 4.32. The third-order valence-electron chi connectivity index (χ3n) is 2.53. The van der Waals surface area contributed by atoms with Gasteiger partial charge in [-0.15, -0.1) is 11.3 Å². The molecule has 0 aliphatic carbocycles. The minimum absolute atomic E-state index is 0.0213. The molecule has 1 aromatic carbocycles. The molecule has 116 valence electrons. The van der Waals surface area contributed by atoms with Gasteiger partial charge in [0.2, 0.25) is 0 Å². The number of alkyl halides is 3. The molecule has 2 rings (SSSR count). The first-order chi connectivity index (χ1) is 10.4. The van der Waals surface area contributed by atoms with Gasteiger partial charge in [0.25, 0.3) is 5.91 Å². The minimum Gasteiger partial charge on any atom is -0.451 e. The summed E-state index contributed by atoms with van der Waals surface area (Å²) < 4.78 is 42.4. The van der Waals surface area contributed by atoms with Crippen LogP contribution in [-0.4, -0.2) is 18.5 Å². The van der Waals surface area contributed by atoms with Gasteiger partial charge in [-0.1, -0.05) is 12.1 Å². The maximum atomic E-state index is 12.5. The smallest absolute Gasteiger partial charge is 0.416 e. The number of benzene rings is 1. The lowest BCUT2D eigenvalue weighted by atomic mass is 10.2. The Labute approximate surface area is 127 Å². The van der Waals surface area contributed by atoms with E-state index >= 15 is 0 Å². The van der Waals surface area contributed by atoms with Crippen molar-refractivity contribution < 1.29 is 27.5 Å². The highest BCUT2D eigenvalue weighted by Crippen LogP contribution is 2.30. The predicted octanol–water partition coefficient (Wildman–Crippen LogP) is 3.56. The van der Waals surface area contributed by atoms with E-state index < -0.39 is 30.2 Å². The molecule has 2 aromatic rings. The van der Waals surface area contributed by atoms with Gasteiger partial charge in [0.15, 0.2) is 6.61 Å². The van der Waals surface area contributed by atoms with E-state index in [-0.39, 0.29) is 5.69 Å². The van der Waals surface area contributed by atoms with Crippen molar-refractivity contribution in [2.24, 2.45) is 0 Å². The summed E-state index contributed by atoms with van der Waals surface area (Å²) in [5.74, 6) is -1.38. The molecule has 4 nitrogen and oxygen atoms in total. The summed E-state index contributed by atoms with van der Waals surface area (Å²) in [7, 11) is 0. The van der Waals surface area contributed by atoms with E-state index in [0.717, 1.165) is 23.5 Å². The minimum atomic E-state index is -4.49. The second-order valence-electron chi connectivity index (χ2n) is 4.18. The van der Waals surface area contributed by atoms with Crippen LogP contribution in [0.4, 0.5) is 18.9 Å².